The van der Waals surface area contributed by atoms with Crippen molar-refractivity contribution in [3.05, 3.63) is 11.1 Å². The molecule has 2 spiro atoms. The minimum atomic E-state index is -0.427. The second-order valence-corrected chi connectivity index (χ2v) is 11.8. The maximum absolute atomic E-state index is 11.9. The zero-order chi connectivity index (χ0) is 14.0. The van der Waals surface area contributed by atoms with Crippen LogP contribution in [0.3, 0.4) is 0 Å². The van der Waals surface area contributed by atoms with Gasteiger partial charge in [-0.3, -0.25) is 4.79 Å². The first kappa shape index (κ1) is 10.9. The van der Waals surface area contributed by atoms with Crippen LogP contribution in [0.1, 0.15) is 40.5 Å². The normalized spacial score (nSPS) is 65.9. The van der Waals surface area contributed by atoms with Crippen LogP contribution in [0.2, 0.25) is 10.6 Å². The van der Waals surface area contributed by atoms with Crippen LogP contribution in [0.5, 0.6) is 0 Å². The molecule has 3 heteroatoms. The van der Waals surface area contributed by atoms with Gasteiger partial charge in [0.25, 0.3) is 0 Å². The number of carbonyl (C=O) groups is 1. The molecule has 6 fully saturated rings. The molecule has 0 saturated heterocycles. The van der Waals surface area contributed by atoms with Crippen molar-refractivity contribution in [1.82, 2.24) is 0 Å². The van der Waals surface area contributed by atoms with Gasteiger partial charge in [0.1, 0.15) is 0 Å². The summed E-state index contributed by atoms with van der Waals surface area (Å²) in [7, 11) is -0.427. The quantitative estimate of drug-likeness (QED) is 0.776. The Morgan fingerprint density at radius 3 is 2.35 bits per heavy atom. The van der Waals surface area contributed by atoms with Crippen molar-refractivity contribution < 1.29 is 4.79 Å². The van der Waals surface area contributed by atoms with Crippen LogP contribution in [0.25, 0.3) is 0 Å². The Kier molecular flexibility index (Phi) is 1.23. The molecule has 6 saturated carbocycles. The SMILES string of the molecule is CC1=C(C)C(C)[Si](C23CCC4(C(N)=O)C5C46C2C536)=C1C. The fraction of sp³-hybridized carbons (Fsp3) is 0.765. The molecule has 7 unspecified atom stereocenters. The highest BCUT2D eigenvalue weighted by molar-refractivity contribution is 6.81. The molecule has 2 N–H and O–H groups in total. The highest BCUT2D eigenvalue weighted by Gasteiger charge is 3.34. The fourth-order valence-electron chi connectivity index (χ4n) is 8.43. The summed E-state index contributed by atoms with van der Waals surface area (Å²) in [5.41, 5.74) is 11.0. The molecule has 7 aliphatic rings. The van der Waals surface area contributed by atoms with Crippen LogP contribution in [-0.4, -0.2) is 19.5 Å². The predicted octanol–water partition coefficient (Wildman–Crippen LogP) is 2.26. The highest BCUT2D eigenvalue weighted by Crippen LogP contribution is 3.36. The van der Waals surface area contributed by atoms with Crippen molar-refractivity contribution in [2.24, 2.45) is 33.8 Å². The molecule has 104 valence electrons. The van der Waals surface area contributed by atoms with E-state index in [1.54, 1.807) is 16.3 Å². The van der Waals surface area contributed by atoms with Gasteiger partial charge in [-0.15, -0.1) is 0 Å². The predicted molar refractivity (Wildman–Crippen MR) is 79.6 cm³/mol. The second kappa shape index (κ2) is 2.25. The van der Waals surface area contributed by atoms with E-state index >= 15 is 0 Å². The number of nitrogens with two attached hydrogens (primary N) is 1. The fourth-order valence-corrected chi connectivity index (χ4v) is 13.8. The monoisotopic (exact) mass is 283 g/mol. The number of rotatable bonds is 2. The largest absolute Gasteiger partial charge is 0.369 e. The van der Waals surface area contributed by atoms with Crippen molar-refractivity contribution >= 4 is 19.5 Å². The van der Waals surface area contributed by atoms with Crippen molar-refractivity contribution in [2.45, 2.75) is 51.1 Å². The third-order valence-corrected chi connectivity index (χ3v) is 13.5. The number of primary amides is 1. The van der Waals surface area contributed by atoms with Crippen molar-refractivity contribution in [1.29, 1.82) is 0 Å². The molecule has 6 aliphatic carbocycles. The minimum Gasteiger partial charge on any atom is -0.369 e. The van der Waals surface area contributed by atoms with Crippen molar-refractivity contribution in [3.8, 4) is 0 Å². The lowest BCUT2D eigenvalue weighted by atomic mass is 9.72. The van der Waals surface area contributed by atoms with Gasteiger partial charge in [0.15, 0.2) is 0 Å². The topological polar surface area (TPSA) is 43.1 Å². The Balaban J connectivity index is 1.46. The lowest BCUT2D eigenvalue weighted by molar-refractivity contribution is -0.128. The van der Waals surface area contributed by atoms with E-state index in [-0.39, 0.29) is 11.3 Å². The smallest absolute Gasteiger partial charge is 0.224 e. The Bertz CT molecular complexity index is 750. The lowest BCUT2D eigenvalue weighted by Crippen LogP contribution is -2.44. The first-order valence-corrected chi connectivity index (χ1v) is 9.66. The first-order chi connectivity index (χ1) is 9.40. The van der Waals surface area contributed by atoms with Crippen LogP contribution in [0.4, 0.5) is 0 Å². The van der Waals surface area contributed by atoms with Gasteiger partial charge in [0, 0.05) is 13.8 Å². The second-order valence-electron chi connectivity index (χ2n) is 8.48. The molecule has 7 atom stereocenters. The van der Waals surface area contributed by atoms with Gasteiger partial charge in [-0.2, -0.15) is 0 Å². The number of allylic oxidation sites excluding steroid dienone is 2. The molecule has 0 aromatic heterocycles. The molecule has 1 aliphatic heterocycles. The van der Waals surface area contributed by atoms with E-state index in [1.165, 1.54) is 6.42 Å². The van der Waals surface area contributed by atoms with Gasteiger partial charge in [-0.05, 0) is 61.4 Å². The standard InChI is InChI=1S/C17H21NOSi/c1-7-8(2)10(4)20(9(7)3)15-6-5-14(13(18)19)11-16(14)12(15)17(11,15)16/h9,11-12H,5-6H2,1-4H3,(H2,18,19). The van der Waals surface area contributed by atoms with Crippen LogP contribution < -0.4 is 5.73 Å². The van der Waals surface area contributed by atoms with E-state index < -0.39 is 8.41 Å². The Hall–Kier alpha value is -0.703. The number of carbonyl (C=O) groups excluding carboxylic acids is 1. The van der Waals surface area contributed by atoms with Crippen LogP contribution >= 0.6 is 0 Å². The van der Waals surface area contributed by atoms with Crippen LogP contribution in [0.15, 0.2) is 11.1 Å². The summed E-state index contributed by atoms with van der Waals surface area (Å²) < 4.78 is 0. The summed E-state index contributed by atoms with van der Waals surface area (Å²) in [6.45, 7) is 9.57. The van der Waals surface area contributed by atoms with Gasteiger partial charge < -0.3 is 5.73 Å². The third-order valence-electron chi connectivity index (χ3n) is 9.11. The molecular weight excluding hydrogens is 262 g/mol. The molecule has 7 rings (SSSR count). The average molecular weight is 283 g/mol. The number of fused-ring (bicyclic) bond motifs is 1. The summed E-state index contributed by atoms with van der Waals surface area (Å²) in [5, 5.41) is 2.46. The molecule has 2 nitrogen and oxygen atoms in total. The average Bonchev–Trinajstić information content (AvgIpc) is 3.27. The number of amides is 1. The molecule has 2 bridgehead atoms. The maximum Gasteiger partial charge on any atom is 0.224 e. The molecule has 0 aromatic carbocycles. The third kappa shape index (κ3) is 0.528. The lowest BCUT2D eigenvalue weighted by Gasteiger charge is -2.42. The number of hydrogen-bond donors (Lipinski definition) is 1. The van der Waals surface area contributed by atoms with E-state index in [2.05, 4.69) is 27.7 Å². The van der Waals surface area contributed by atoms with Gasteiger partial charge in [0.2, 0.25) is 5.91 Å². The Labute approximate surface area is 121 Å². The van der Waals surface area contributed by atoms with Crippen LogP contribution in [0, 0.1) is 28.1 Å². The zero-order valence-corrected chi connectivity index (χ0v) is 13.6. The van der Waals surface area contributed by atoms with Gasteiger partial charge >= 0.3 is 0 Å². The maximum atomic E-state index is 11.9. The molecule has 1 amide bonds. The zero-order valence-electron chi connectivity index (χ0n) is 12.6. The van der Waals surface area contributed by atoms with Crippen LogP contribution in [-0.2, 0) is 4.79 Å². The van der Waals surface area contributed by atoms with E-state index in [4.69, 9.17) is 5.73 Å². The summed E-state index contributed by atoms with van der Waals surface area (Å²) in [4.78, 5) is 11.9. The van der Waals surface area contributed by atoms with E-state index in [0.717, 1.165) is 23.8 Å². The van der Waals surface area contributed by atoms with Crippen molar-refractivity contribution in [3.63, 3.8) is 0 Å². The van der Waals surface area contributed by atoms with E-state index in [9.17, 15) is 4.79 Å². The molecule has 0 radical (unpaired) electrons. The van der Waals surface area contributed by atoms with E-state index in [0.29, 0.717) is 15.9 Å². The summed E-state index contributed by atoms with van der Waals surface area (Å²) in [5.74, 6) is 1.72. The molecule has 1 heterocycles. The molecule has 0 aromatic rings. The summed E-state index contributed by atoms with van der Waals surface area (Å²) in [6.07, 6.45) is 2.44. The molecule has 20 heavy (non-hydrogen) atoms. The van der Waals surface area contributed by atoms with Crippen molar-refractivity contribution in [2.75, 3.05) is 0 Å². The molecular formula is C17H21NOSi. The summed E-state index contributed by atoms with van der Waals surface area (Å²) >= 11 is 0. The first-order valence-electron chi connectivity index (χ1n) is 8.09. The highest BCUT2D eigenvalue weighted by atomic mass is 28.2. The van der Waals surface area contributed by atoms with Gasteiger partial charge in [-0.25, -0.2) is 0 Å². The Morgan fingerprint density at radius 2 is 1.90 bits per heavy atom. The number of hydrogen-bond acceptors (Lipinski definition) is 1. The summed E-state index contributed by atoms with van der Waals surface area (Å²) in [6, 6.07) is 0. The Morgan fingerprint density at radius 1 is 1.20 bits per heavy atom. The van der Waals surface area contributed by atoms with Gasteiger partial charge in [0.05, 0.1) is 5.41 Å². The van der Waals surface area contributed by atoms with E-state index in [1.807, 2.05) is 0 Å². The van der Waals surface area contributed by atoms with Gasteiger partial charge in [-0.1, -0.05) is 23.2 Å². The minimum absolute atomic E-state index is 0.00904.